The SMILES string of the molecule is CC#CCn1c(N2CCCC(NC(=O)OC(C)(C)C)C2)nc2c1C(=O)N(Cc1nc3ccccc3s1)CN2C. The Morgan fingerprint density at radius 2 is 2.05 bits per heavy atom. The van der Waals surface area contributed by atoms with Crippen LogP contribution >= 0.6 is 11.3 Å². The van der Waals surface area contributed by atoms with E-state index in [1.807, 2.05) is 66.5 Å². The highest BCUT2D eigenvalue weighted by Gasteiger charge is 2.37. The molecule has 1 N–H and O–H groups in total. The van der Waals surface area contributed by atoms with Gasteiger partial charge in [0.15, 0.2) is 11.5 Å². The number of rotatable bonds is 5. The van der Waals surface area contributed by atoms with Crippen LogP contribution in [0.3, 0.4) is 0 Å². The number of amides is 2. The van der Waals surface area contributed by atoms with Crippen LogP contribution < -0.4 is 15.1 Å². The maximum absolute atomic E-state index is 13.9. The summed E-state index contributed by atoms with van der Waals surface area (Å²) in [6.07, 6.45) is 1.30. The van der Waals surface area contributed by atoms with Crippen molar-refractivity contribution >= 4 is 45.3 Å². The minimum Gasteiger partial charge on any atom is -0.444 e. The monoisotopic (exact) mass is 549 g/mol. The number of carbonyl (C=O) groups is 2. The van der Waals surface area contributed by atoms with E-state index in [9.17, 15) is 9.59 Å². The molecule has 1 saturated heterocycles. The lowest BCUT2D eigenvalue weighted by Gasteiger charge is -2.34. The molecule has 39 heavy (non-hydrogen) atoms. The van der Waals surface area contributed by atoms with Gasteiger partial charge < -0.3 is 24.8 Å². The predicted molar refractivity (Wildman–Crippen MR) is 153 cm³/mol. The lowest BCUT2D eigenvalue weighted by molar-refractivity contribution is 0.0499. The van der Waals surface area contributed by atoms with Crippen molar-refractivity contribution in [3.05, 3.63) is 35.0 Å². The molecule has 1 aromatic carbocycles. The first-order chi connectivity index (χ1) is 18.6. The summed E-state index contributed by atoms with van der Waals surface area (Å²) in [5, 5.41) is 3.90. The Labute approximate surface area is 232 Å². The summed E-state index contributed by atoms with van der Waals surface area (Å²) in [7, 11) is 1.95. The Balaban J connectivity index is 1.40. The molecule has 2 aliphatic heterocycles. The Morgan fingerprint density at radius 1 is 1.26 bits per heavy atom. The van der Waals surface area contributed by atoms with Crippen LogP contribution in [0.5, 0.6) is 0 Å². The molecule has 2 aliphatic rings. The summed E-state index contributed by atoms with van der Waals surface area (Å²) in [5.41, 5.74) is 0.917. The summed E-state index contributed by atoms with van der Waals surface area (Å²) in [4.78, 5) is 41.9. The van der Waals surface area contributed by atoms with Crippen molar-refractivity contribution in [1.29, 1.82) is 0 Å². The number of ether oxygens (including phenoxy) is 1. The molecule has 4 heterocycles. The van der Waals surface area contributed by atoms with E-state index in [2.05, 4.69) is 22.1 Å². The van der Waals surface area contributed by atoms with E-state index in [0.717, 1.165) is 34.6 Å². The number of nitrogens with one attached hydrogen (secondary N) is 1. The van der Waals surface area contributed by atoms with Gasteiger partial charge in [-0.05, 0) is 52.7 Å². The van der Waals surface area contributed by atoms with Gasteiger partial charge in [0.05, 0.1) is 30.0 Å². The average molecular weight is 550 g/mol. The van der Waals surface area contributed by atoms with Crippen LogP contribution in [0.15, 0.2) is 24.3 Å². The number of carbonyl (C=O) groups excluding carboxylic acids is 2. The summed E-state index contributed by atoms with van der Waals surface area (Å²) in [5.74, 6) is 7.34. The van der Waals surface area contributed by atoms with Crippen LogP contribution in [0, 0.1) is 11.8 Å². The van der Waals surface area contributed by atoms with E-state index >= 15 is 0 Å². The Morgan fingerprint density at radius 3 is 2.79 bits per heavy atom. The van der Waals surface area contributed by atoms with Gasteiger partial charge in [-0.25, -0.2) is 9.78 Å². The van der Waals surface area contributed by atoms with Gasteiger partial charge in [0.2, 0.25) is 5.95 Å². The molecule has 206 valence electrons. The second-order valence-corrected chi connectivity index (χ2v) is 12.1. The lowest BCUT2D eigenvalue weighted by Crippen LogP contribution is -2.49. The third kappa shape index (κ3) is 5.81. The van der Waals surface area contributed by atoms with Gasteiger partial charge in [0.25, 0.3) is 5.91 Å². The number of fused-ring (bicyclic) bond motifs is 2. The molecule has 0 spiro atoms. The number of hydrogen-bond donors (Lipinski definition) is 1. The minimum absolute atomic E-state index is 0.0838. The maximum Gasteiger partial charge on any atom is 0.407 e. The standard InChI is InChI=1S/C28H35N7O3S/c1-6-7-15-35-23-24(31-26(35)33-14-10-11-19(16-33)29-27(37)38-28(2,3)4)32(5)18-34(25(23)36)17-22-30-20-12-8-9-13-21(20)39-22/h8-9,12-13,19H,10-11,14-18H2,1-5H3,(H,29,37). The molecular weight excluding hydrogens is 514 g/mol. The molecule has 1 fully saturated rings. The second-order valence-electron chi connectivity index (χ2n) is 10.9. The van der Waals surface area contributed by atoms with Crippen molar-refractivity contribution in [3.63, 3.8) is 0 Å². The van der Waals surface area contributed by atoms with E-state index in [1.54, 1.807) is 18.3 Å². The smallest absolute Gasteiger partial charge is 0.407 e. The first-order valence-corrected chi connectivity index (χ1v) is 14.0. The van der Waals surface area contributed by atoms with E-state index in [-0.39, 0.29) is 11.9 Å². The summed E-state index contributed by atoms with van der Waals surface area (Å²) in [6, 6.07) is 7.93. The van der Waals surface area contributed by atoms with Crippen molar-refractivity contribution in [3.8, 4) is 11.8 Å². The number of anilines is 2. The van der Waals surface area contributed by atoms with Gasteiger partial charge in [0.1, 0.15) is 10.6 Å². The summed E-state index contributed by atoms with van der Waals surface area (Å²) >= 11 is 1.61. The average Bonchev–Trinajstić information content (AvgIpc) is 3.46. The number of para-hydroxylation sites is 1. The van der Waals surface area contributed by atoms with Crippen LogP contribution in [0.25, 0.3) is 10.2 Å². The molecule has 5 rings (SSSR count). The van der Waals surface area contributed by atoms with E-state index in [1.165, 1.54) is 0 Å². The molecule has 1 unspecified atom stereocenters. The number of aromatic nitrogens is 3. The fourth-order valence-corrected chi connectivity index (χ4v) is 6.00. The zero-order valence-corrected chi connectivity index (χ0v) is 24.0. The number of thiazole rings is 1. The van der Waals surface area contributed by atoms with E-state index in [4.69, 9.17) is 14.7 Å². The van der Waals surface area contributed by atoms with E-state index in [0.29, 0.717) is 43.8 Å². The zero-order chi connectivity index (χ0) is 27.7. The molecule has 1 atom stereocenters. The third-order valence-corrected chi connectivity index (χ3v) is 7.69. The fraction of sp³-hybridized carbons (Fsp3) is 0.500. The van der Waals surface area contributed by atoms with E-state index < -0.39 is 11.7 Å². The van der Waals surface area contributed by atoms with Crippen LogP contribution in [-0.2, 0) is 17.8 Å². The van der Waals surface area contributed by atoms with Crippen LogP contribution in [0.1, 0.15) is 56.0 Å². The van der Waals surface area contributed by atoms with Crippen molar-refractivity contribution in [2.75, 3.05) is 36.6 Å². The number of benzene rings is 1. The number of hydrogen-bond acceptors (Lipinski definition) is 8. The van der Waals surface area contributed by atoms with Crippen molar-refractivity contribution in [2.24, 2.45) is 0 Å². The highest BCUT2D eigenvalue weighted by Crippen LogP contribution is 2.33. The summed E-state index contributed by atoms with van der Waals surface area (Å²) < 4.78 is 8.49. The maximum atomic E-state index is 13.9. The summed E-state index contributed by atoms with van der Waals surface area (Å²) in [6.45, 7) is 9.88. The molecule has 2 aromatic heterocycles. The molecule has 3 aromatic rings. The number of piperidine rings is 1. The Kier molecular flexibility index (Phi) is 7.40. The van der Waals surface area contributed by atoms with Crippen LogP contribution in [0.4, 0.5) is 16.6 Å². The second kappa shape index (κ2) is 10.8. The highest BCUT2D eigenvalue weighted by molar-refractivity contribution is 7.18. The van der Waals surface area contributed by atoms with Crippen molar-refractivity contribution in [2.45, 2.75) is 65.3 Å². The molecule has 11 heteroatoms. The molecule has 0 aliphatic carbocycles. The zero-order valence-electron chi connectivity index (χ0n) is 23.2. The largest absolute Gasteiger partial charge is 0.444 e. The van der Waals surface area contributed by atoms with Crippen LogP contribution in [-0.4, -0.2) is 69.9 Å². The van der Waals surface area contributed by atoms with Gasteiger partial charge in [-0.1, -0.05) is 18.1 Å². The Hall–Kier alpha value is -3.78. The topological polar surface area (TPSA) is 95.8 Å². The van der Waals surface area contributed by atoms with Crippen molar-refractivity contribution in [1.82, 2.24) is 24.8 Å². The van der Waals surface area contributed by atoms with Gasteiger partial charge in [0, 0.05) is 26.2 Å². The van der Waals surface area contributed by atoms with Gasteiger partial charge in [-0.15, -0.1) is 17.3 Å². The molecule has 0 saturated carbocycles. The molecule has 0 radical (unpaired) electrons. The predicted octanol–water partition coefficient (Wildman–Crippen LogP) is 4.06. The van der Waals surface area contributed by atoms with Gasteiger partial charge in [-0.2, -0.15) is 4.98 Å². The van der Waals surface area contributed by atoms with Crippen LogP contribution in [0.2, 0.25) is 0 Å². The number of nitrogens with zero attached hydrogens (tertiary/aromatic N) is 6. The molecular formula is C28H35N7O3S. The molecule has 2 amide bonds. The number of alkyl carbamates (subject to hydrolysis) is 1. The third-order valence-electron chi connectivity index (χ3n) is 6.67. The van der Waals surface area contributed by atoms with Gasteiger partial charge in [-0.3, -0.25) is 9.36 Å². The fourth-order valence-electron chi connectivity index (χ4n) is 5.02. The first-order valence-electron chi connectivity index (χ1n) is 13.2. The van der Waals surface area contributed by atoms with Crippen molar-refractivity contribution < 1.29 is 14.3 Å². The first kappa shape index (κ1) is 26.8. The lowest BCUT2D eigenvalue weighted by atomic mass is 10.1. The normalized spacial score (nSPS) is 17.6. The molecule has 0 bridgehead atoms. The number of imidazole rings is 1. The quantitative estimate of drug-likeness (QED) is 0.480. The van der Waals surface area contributed by atoms with Gasteiger partial charge >= 0.3 is 6.09 Å². The molecule has 10 nitrogen and oxygen atoms in total. The minimum atomic E-state index is -0.561. The Bertz CT molecular complexity index is 1410. The highest BCUT2D eigenvalue weighted by atomic mass is 32.1.